The summed E-state index contributed by atoms with van der Waals surface area (Å²) in [7, 11) is 0. The van der Waals surface area contributed by atoms with E-state index in [0.29, 0.717) is 0 Å². The first-order chi connectivity index (χ1) is 13.5. The molecule has 0 aliphatic heterocycles. The van der Waals surface area contributed by atoms with E-state index >= 15 is 0 Å². The van der Waals surface area contributed by atoms with Crippen molar-refractivity contribution in [2.45, 2.75) is 85.1 Å². The van der Waals surface area contributed by atoms with Crippen LogP contribution in [0, 0.1) is 5.92 Å². The van der Waals surface area contributed by atoms with Crippen molar-refractivity contribution < 1.29 is 5.11 Å². The fraction of sp³-hybridized carbons (Fsp3) is 0.727. The zero-order valence-corrected chi connectivity index (χ0v) is 20.7. The van der Waals surface area contributed by atoms with E-state index in [-0.39, 0.29) is 29.8 Å². The van der Waals surface area contributed by atoms with Gasteiger partial charge in [-0.15, -0.1) is 0 Å². The Labute approximate surface area is 173 Å². The third-order valence-electron chi connectivity index (χ3n) is 6.31. The molecule has 2 N–H and O–H groups in total. The third-order valence-corrected chi connectivity index (χ3v) is 21.8. The molecule has 0 radical (unpaired) electrons. The molecule has 158 valence electrons. The summed E-state index contributed by atoms with van der Waals surface area (Å²) in [6, 6.07) is -0.0623. The Kier molecular flexibility index (Phi) is 9.54. The van der Waals surface area contributed by atoms with Crippen molar-refractivity contribution in [3.05, 3.63) is 39.2 Å². The van der Waals surface area contributed by atoms with E-state index in [1.807, 2.05) is 18.3 Å². The molecule has 5 nitrogen and oxygen atoms in total. The Morgan fingerprint density at radius 1 is 1.04 bits per heavy atom. The first kappa shape index (κ1) is 23.5. The van der Waals surface area contributed by atoms with Crippen LogP contribution in [0.5, 0.6) is 0 Å². The van der Waals surface area contributed by atoms with E-state index in [1.165, 1.54) is 32.6 Å². The van der Waals surface area contributed by atoms with Gasteiger partial charge in [-0.3, -0.25) is 0 Å². The van der Waals surface area contributed by atoms with Crippen LogP contribution in [-0.2, 0) is 0 Å². The van der Waals surface area contributed by atoms with Gasteiger partial charge in [-0.05, 0) is 0 Å². The molecule has 28 heavy (non-hydrogen) atoms. The molecule has 0 saturated carbocycles. The van der Waals surface area contributed by atoms with E-state index in [9.17, 15) is 14.7 Å². The van der Waals surface area contributed by atoms with Crippen LogP contribution in [0.25, 0.3) is 0 Å². The molecule has 2 atom stereocenters. The Morgan fingerprint density at radius 3 is 2.07 bits per heavy atom. The zero-order valence-electron chi connectivity index (χ0n) is 17.9. The molecule has 1 aliphatic rings. The molecule has 0 aromatic carbocycles. The summed E-state index contributed by atoms with van der Waals surface area (Å²) in [5.74, 6) is 0.0980. The number of aliphatic hydroxyl groups is 1. The molecule has 0 spiro atoms. The second-order valence-corrected chi connectivity index (χ2v) is 21.6. The van der Waals surface area contributed by atoms with E-state index < -0.39 is 18.4 Å². The van der Waals surface area contributed by atoms with Gasteiger partial charge in [-0.1, -0.05) is 0 Å². The summed E-state index contributed by atoms with van der Waals surface area (Å²) in [6.07, 6.45) is 13.6. The van der Waals surface area contributed by atoms with Crippen LogP contribution in [0.1, 0.15) is 71.8 Å². The Hall–Kier alpha value is -0.821. The Balaban J connectivity index is 2.51. The molecule has 1 aliphatic carbocycles. The van der Waals surface area contributed by atoms with Gasteiger partial charge in [0.15, 0.2) is 0 Å². The number of nitrogens with one attached hydrogen (secondary N) is 1. The summed E-state index contributed by atoms with van der Waals surface area (Å²) < 4.78 is 6.33. The van der Waals surface area contributed by atoms with Gasteiger partial charge < -0.3 is 0 Å². The number of unbranched alkanes of at least 4 members (excludes halogenated alkanes) is 3. The van der Waals surface area contributed by atoms with Gasteiger partial charge in [0.25, 0.3) is 0 Å². The number of aromatic amines is 1. The number of H-pyrrole nitrogens is 1. The van der Waals surface area contributed by atoms with Crippen molar-refractivity contribution >= 4 is 22.0 Å². The second-order valence-electron chi connectivity index (χ2n) is 8.43. The normalized spacial score (nSPS) is 19.4. The summed E-state index contributed by atoms with van der Waals surface area (Å²) in [5, 5.41) is 9.43. The number of rotatable bonds is 12. The minimum atomic E-state index is -2.92. The summed E-state index contributed by atoms with van der Waals surface area (Å²) in [6.45, 7) is 6.77. The number of hydrogen-bond acceptors (Lipinski definition) is 3. The fourth-order valence-corrected chi connectivity index (χ4v) is 20.5. The average Bonchev–Trinajstić information content (AvgIpc) is 3.17. The van der Waals surface area contributed by atoms with Crippen molar-refractivity contribution in [2.24, 2.45) is 5.92 Å². The average molecular weight is 497 g/mol. The minimum absolute atomic E-state index is 0.0623. The van der Waals surface area contributed by atoms with Crippen molar-refractivity contribution in [1.82, 2.24) is 9.55 Å². The summed E-state index contributed by atoms with van der Waals surface area (Å²) in [5.41, 5.74) is -0.440. The Bertz CT molecular complexity index is 731. The van der Waals surface area contributed by atoms with E-state index in [2.05, 4.69) is 25.8 Å². The molecule has 0 bridgehead atoms. The topological polar surface area (TPSA) is 75.1 Å². The number of aliphatic hydroxyl groups excluding tert-OH is 1. The maximum atomic E-state index is 13.0. The van der Waals surface area contributed by atoms with Gasteiger partial charge >= 0.3 is 173 Å². The molecular weight excluding hydrogens is 459 g/mol. The fourth-order valence-electron chi connectivity index (χ4n) is 4.53. The number of allylic oxidation sites excluding steroid dienone is 1. The van der Waals surface area contributed by atoms with Crippen LogP contribution in [0.4, 0.5) is 0 Å². The molecule has 0 amide bonds. The van der Waals surface area contributed by atoms with E-state index in [0.717, 1.165) is 29.3 Å². The molecule has 0 saturated heterocycles. The third kappa shape index (κ3) is 5.62. The van der Waals surface area contributed by atoms with Crippen LogP contribution < -0.4 is 14.8 Å². The van der Waals surface area contributed by atoms with Crippen LogP contribution in [-0.4, -0.2) is 39.6 Å². The van der Waals surface area contributed by atoms with Gasteiger partial charge in [0.1, 0.15) is 0 Å². The van der Waals surface area contributed by atoms with Crippen LogP contribution in [0.15, 0.2) is 27.9 Å². The first-order valence-electron chi connectivity index (χ1n) is 11.2. The van der Waals surface area contributed by atoms with Crippen molar-refractivity contribution in [3.8, 4) is 0 Å². The van der Waals surface area contributed by atoms with Crippen molar-refractivity contribution in [2.75, 3.05) is 6.61 Å². The summed E-state index contributed by atoms with van der Waals surface area (Å²) >= 11 is -2.92. The number of hydrogen-bond donors (Lipinski definition) is 2. The predicted molar refractivity (Wildman–Crippen MR) is 119 cm³/mol. The Morgan fingerprint density at radius 2 is 1.61 bits per heavy atom. The van der Waals surface area contributed by atoms with Crippen molar-refractivity contribution in [1.29, 1.82) is 0 Å². The van der Waals surface area contributed by atoms with Gasteiger partial charge in [0, 0.05) is 0 Å². The SMILES string of the molecule is CCC[CH2][Sn]([CH2]CCC)([CH2]CCC)[c]1cn([C@H]2C=C[C@@H](CO)C2)c(=O)[nH]c1=O. The van der Waals surface area contributed by atoms with Crippen LogP contribution in [0.3, 0.4) is 0 Å². The number of nitrogens with zero attached hydrogens (tertiary/aromatic N) is 1. The molecular formula is C22H38N2O3Sn. The zero-order chi connectivity index (χ0) is 20.6. The quantitative estimate of drug-likeness (QED) is 0.342. The van der Waals surface area contributed by atoms with E-state index in [1.54, 1.807) is 4.57 Å². The molecule has 0 fully saturated rings. The molecule has 1 heterocycles. The van der Waals surface area contributed by atoms with Gasteiger partial charge in [-0.2, -0.15) is 0 Å². The van der Waals surface area contributed by atoms with E-state index in [4.69, 9.17) is 0 Å². The summed E-state index contributed by atoms with van der Waals surface area (Å²) in [4.78, 5) is 28.2. The van der Waals surface area contributed by atoms with Crippen LogP contribution >= 0.6 is 0 Å². The van der Waals surface area contributed by atoms with Crippen LogP contribution in [0.2, 0.25) is 13.3 Å². The molecule has 6 heteroatoms. The van der Waals surface area contributed by atoms with Gasteiger partial charge in [0.2, 0.25) is 0 Å². The monoisotopic (exact) mass is 498 g/mol. The van der Waals surface area contributed by atoms with Gasteiger partial charge in [-0.25, -0.2) is 0 Å². The van der Waals surface area contributed by atoms with Gasteiger partial charge in [0.05, 0.1) is 0 Å². The first-order valence-corrected chi connectivity index (χ1v) is 18.6. The predicted octanol–water partition coefficient (Wildman–Crippen LogP) is 3.70. The van der Waals surface area contributed by atoms with Crippen molar-refractivity contribution in [3.63, 3.8) is 0 Å². The molecule has 2 rings (SSSR count). The molecule has 1 aromatic rings. The maximum absolute atomic E-state index is 13.0. The number of aromatic nitrogens is 2. The molecule has 1 aromatic heterocycles. The standard InChI is InChI=1S/C10H11N2O3.3C4H9.Sn/c13-6-7-1-2-8(5-7)12-4-3-9(14)11-10(12)15;3*1-3-4-2;/h1-2,4,7-8,13H,5-6H2,(H,11,14,15);3*1,3-4H2,2H3;/t7-,8+;;;;/m1..../s1. The molecule has 0 unspecified atom stereocenters. The second kappa shape index (κ2) is 11.4.